The molecule has 0 unspecified atom stereocenters. The molecule has 3 heteroatoms. The van der Waals surface area contributed by atoms with Crippen molar-refractivity contribution in [3.63, 3.8) is 0 Å². The zero-order chi connectivity index (χ0) is 10.1. The van der Waals surface area contributed by atoms with Crippen molar-refractivity contribution in [2.45, 2.75) is 32.8 Å². The van der Waals surface area contributed by atoms with Crippen LogP contribution in [0.4, 0.5) is 0 Å². The molecule has 0 radical (unpaired) electrons. The minimum atomic E-state index is 0.0924. The Balaban J connectivity index is 3.07. The highest BCUT2D eigenvalue weighted by Crippen LogP contribution is 2.24. The van der Waals surface area contributed by atoms with Gasteiger partial charge in [-0.3, -0.25) is 0 Å². The minimum Gasteiger partial charge on any atom is -0.378 e. The monoisotopic (exact) mass is 182 g/mol. The first kappa shape index (κ1) is 10.3. The standard InChI is InChI=1S/C10H18N2O/c1-10(2,3)9-8(6-13-5)12(4)7-11-9/h7H,6H2,1-5H3. The van der Waals surface area contributed by atoms with Crippen LogP contribution in [-0.4, -0.2) is 16.7 Å². The maximum atomic E-state index is 5.14. The third kappa shape index (κ3) is 2.10. The van der Waals surface area contributed by atoms with Gasteiger partial charge < -0.3 is 9.30 Å². The molecule has 0 fully saturated rings. The lowest BCUT2D eigenvalue weighted by Crippen LogP contribution is -2.15. The molecule has 0 atom stereocenters. The van der Waals surface area contributed by atoms with Crippen molar-refractivity contribution in [3.8, 4) is 0 Å². The van der Waals surface area contributed by atoms with Crippen molar-refractivity contribution in [3.05, 3.63) is 17.7 Å². The Morgan fingerprint density at radius 2 is 2.08 bits per heavy atom. The Morgan fingerprint density at radius 1 is 1.46 bits per heavy atom. The van der Waals surface area contributed by atoms with Gasteiger partial charge in [-0.05, 0) is 0 Å². The van der Waals surface area contributed by atoms with E-state index in [1.54, 1.807) is 7.11 Å². The smallest absolute Gasteiger partial charge is 0.0949 e. The number of aromatic nitrogens is 2. The van der Waals surface area contributed by atoms with E-state index in [9.17, 15) is 0 Å². The first-order valence-corrected chi connectivity index (χ1v) is 4.46. The van der Waals surface area contributed by atoms with Crippen molar-refractivity contribution in [2.75, 3.05) is 7.11 Å². The third-order valence-corrected chi connectivity index (χ3v) is 2.05. The molecule has 74 valence electrons. The summed E-state index contributed by atoms with van der Waals surface area (Å²) in [6.07, 6.45) is 1.84. The summed E-state index contributed by atoms with van der Waals surface area (Å²) in [7, 11) is 3.70. The van der Waals surface area contributed by atoms with Crippen LogP contribution in [0, 0.1) is 0 Å². The number of hydrogen-bond donors (Lipinski definition) is 0. The molecule has 0 saturated carbocycles. The van der Waals surface area contributed by atoms with Gasteiger partial charge in [-0.15, -0.1) is 0 Å². The molecule has 0 bridgehead atoms. The molecular formula is C10H18N2O. The van der Waals surface area contributed by atoms with Gasteiger partial charge in [-0.2, -0.15) is 0 Å². The quantitative estimate of drug-likeness (QED) is 0.698. The molecule has 0 N–H and O–H groups in total. The maximum absolute atomic E-state index is 5.14. The summed E-state index contributed by atoms with van der Waals surface area (Å²) < 4.78 is 7.16. The van der Waals surface area contributed by atoms with E-state index >= 15 is 0 Å². The highest BCUT2D eigenvalue weighted by molar-refractivity contribution is 5.20. The molecule has 0 aliphatic carbocycles. The Labute approximate surface area is 79.7 Å². The summed E-state index contributed by atoms with van der Waals surface area (Å²) >= 11 is 0. The number of nitrogens with zero attached hydrogens (tertiary/aromatic N) is 2. The Kier molecular flexibility index (Phi) is 2.76. The van der Waals surface area contributed by atoms with Crippen molar-refractivity contribution < 1.29 is 4.74 Å². The van der Waals surface area contributed by atoms with E-state index in [1.807, 2.05) is 17.9 Å². The first-order valence-electron chi connectivity index (χ1n) is 4.46. The number of methoxy groups -OCH3 is 1. The van der Waals surface area contributed by atoms with Gasteiger partial charge in [0.15, 0.2) is 0 Å². The summed E-state index contributed by atoms with van der Waals surface area (Å²) in [5.41, 5.74) is 2.38. The maximum Gasteiger partial charge on any atom is 0.0949 e. The highest BCUT2D eigenvalue weighted by atomic mass is 16.5. The fourth-order valence-corrected chi connectivity index (χ4v) is 1.39. The molecule has 1 rings (SSSR count). The predicted molar refractivity (Wildman–Crippen MR) is 52.6 cm³/mol. The lowest BCUT2D eigenvalue weighted by molar-refractivity contribution is 0.177. The van der Waals surface area contributed by atoms with Gasteiger partial charge in [0.1, 0.15) is 0 Å². The molecular weight excluding hydrogens is 164 g/mol. The molecule has 0 amide bonds. The van der Waals surface area contributed by atoms with Crippen molar-refractivity contribution in [2.24, 2.45) is 7.05 Å². The second-order valence-corrected chi connectivity index (χ2v) is 4.33. The second-order valence-electron chi connectivity index (χ2n) is 4.33. The Hall–Kier alpha value is -0.830. The van der Waals surface area contributed by atoms with Crippen LogP contribution in [0.25, 0.3) is 0 Å². The molecule has 0 aromatic carbocycles. The van der Waals surface area contributed by atoms with Crippen molar-refractivity contribution in [1.29, 1.82) is 0 Å². The van der Waals surface area contributed by atoms with E-state index < -0.39 is 0 Å². The van der Waals surface area contributed by atoms with E-state index in [2.05, 4.69) is 25.8 Å². The predicted octanol–water partition coefficient (Wildman–Crippen LogP) is 1.86. The van der Waals surface area contributed by atoms with Gasteiger partial charge in [-0.25, -0.2) is 4.98 Å². The van der Waals surface area contributed by atoms with E-state index in [4.69, 9.17) is 4.74 Å². The molecule has 1 aromatic rings. The summed E-state index contributed by atoms with van der Waals surface area (Å²) in [6.45, 7) is 7.11. The SMILES string of the molecule is COCc1c(C(C)(C)C)ncn1C. The average molecular weight is 182 g/mol. The topological polar surface area (TPSA) is 27.1 Å². The zero-order valence-electron chi connectivity index (χ0n) is 9.09. The largest absolute Gasteiger partial charge is 0.378 e. The van der Waals surface area contributed by atoms with Crippen molar-refractivity contribution in [1.82, 2.24) is 9.55 Å². The summed E-state index contributed by atoms with van der Waals surface area (Å²) in [5, 5.41) is 0. The molecule has 0 saturated heterocycles. The average Bonchev–Trinajstić information content (AvgIpc) is 2.32. The number of imidazole rings is 1. The highest BCUT2D eigenvalue weighted by Gasteiger charge is 2.21. The number of ether oxygens (including phenoxy) is 1. The minimum absolute atomic E-state index is 0.0924. The number of hydrogen-bond acceptors (Lipinski definition) is 2. The fraction of sp³-hybridized carbons (Fsp3) is 0.700. The van der Waals surface area contributed by atoms with Crippen LogP contribution in [0.1, 0.15) is 32.2 Å². The first-order chi connectivity index (χ1) is 5.96. The molecule has 13 heavy (non-hydrogen) atoms. The molecule has 1 heterocycles. The lowest BCUT2D eigenvalue weighted by atomic mass is 9.91. The lowest BCUT2D eigenvalue weighted by Gasteiger charge is -2.18. The molecule has 0 aliphatic rings. The summed E-state index contributed by atoms with van der Waals surface area (Å²) in [5.74, 6) is 0. The van der Waals surface area contributed by atoms with Crippen LogP contribution in [0.5, 0.6) is 0 Å². The Bertz CT molecular complexity index is 284. The molecule has 3 nitrogen and oxygen atoms in total. The van der Waals surface area contributed by atoms with Crippen LogP contribution in [0.3, 0.4) is 0 Å². The normalized spacial score (nSPS) is 12.1. The third-order valence-electron chi connectivity index (χ3n) is 2.05. The van der Waals surface area contributed by atoms with E-state index in [1.165, 1.54) is 0 Å². The Morgan fingerprint density at radius 3 is 2.54 bits per heavy atom. The molecule has 1 aromatic heterocycles. The summed E-state index contributed by atoms with van der Waals surface area (Å²) in [6, 6.07) is 0. The van der Waals surface area contributed by atoms with Gasteiger partial charge in [0.25, 0.3) is 0 Å². The number of aryl methyl sites for hydroxylation is 1. The molecule has 0 aliphatic heterocycles. The van der Waals surface area contributed by atoms with Gasteiger partial charge in [0.2, 0.25) is 0 Å². The van der Waals surface area contributed by atoms with Crippen LogP contribution in [0.2, 0.25) is 0 Å². The van der Waals surface area contributed by atoms with Crippen molar-refractivity contribution >= 4 is 0 Å². The van der Waals surface area contributed by atoms with E-state index in [0.29, 0.717) is 6.61 Å². The van der Waals surface area contributed by atoms with Gasteiger partial charge in [-0.1, -0.05) is 20.8 Å². The van der Waals surface area contributed by atoms with Gasteiger partial charge in [0.05, 0.1) is 24.3 Å². The van der Waals surface area contributed by atoms with Crippen LogP contribution in [0.15, 0.2) is 6.33 Å². The number of rotatable bonds is 2. The van der Waals surface area contributed by atoms with Gasteiger partial charge in [0, 0.05) is 19.6 Å². The van der Waals surface area contributed by atoms with Crippen LogP contribution >= 0.6 is 0 Å². The fourth-order valence-electron chi connectivity index (χ4n) is 1.39. The summed E-state index contributed by atoms with van der Waals surface area (Å²) in [4.78, 5) is 4.39. The second kappa shape index (κ2) is 3.50. The molecule has 0 spiro atoms. The van der Waals surface area contributed by atoms with Crippen LogP contribution in [-0.2, 0) is 23.8 Å². The zero-order valence-corrected chi connectivity index (χ0v) is 9.09. The van der Waals surface area contributed by atoms with E-state index in [-0.39, 0.29) is 5.41 Å². The van der Waals surface area contributed by atoms with E-state index in [0.717, 1.165) is 11.4 Å². The van der Waals surface area contributed by atoms with Gasteiger partial charge >= 0.3 is 0 Å². The van der Waals surface area contributed by atoms with Crippen LogP contribution < -0.4 is 0 Å².